The molecule has 20 heavy (non-hydrogen) atoms. The van der Waals surface area contributed by atoms with E-state index in [1.807, 2.05) is 0 Å². The lowest BCUT2D eigenvalue weighted by Crippen LogP contribution is -3.00. The maximum Gasteiger partial charge on any atom is 0.129 e. The van der Waals surface area contributed by atoms with Crippen molar-refractivity contribution in [3.63, 3.8) is 0 Å². The molecule has 1 N–H and O–H groups in total. The van der Waals surface area contributed by atoms with E-state index in [-0.39, 0.29) is 30.6 Å². The molecule has 0 amide bonds. The van der Waals surface area contributed by atoms with Gasteiger partial charge in [-0.1, -0.05) is 17.7 Å². The van der Waals surface area contributed by atoms with Crippen LogP contribution in [0.2, 0.25) is 5.02 Å². The number of fused-ring (bicyclic) bond motifs is 3. The molecule has 6 heteroatoms. The first-order valence-electron chi connectivity index (χ1n) is 6.62. The third-order valence-corrected chi connectivity index (χ3v) is 4.61. The highest BCUT2D eigenvalue weighted by molar-refractivity contribution is 6.31. The Morgan fingerprint density at radius 1 is 1.25 bits per heavy atom. The van der Waals surface area contributed by atoms with Crippen LogP contribution in [0.5, 0.6) is 0 Å². The number of halogens is 4. The van der Waals surface area contributed by atoms with E-state index >= 15 is 0 Å². The predicted octanol–water partition coefficient (Wildman–Crippen LogP) is -3.33. The second kappa shape index (κ2) is 7.81. The zero-order chi connectivity index (χ0) is 12.5. The summed E-state index contributed by atoms with van der Waals surface area (Å²) in [5.74, 6) is 0.539. The predicted molar refractivity (Wildman–Crippen MR) is 71.2 cm³/mol. The smallest absolute Gasteiger partial charge is 0.129 e. The van der Waals surface area contributed by atoms with Gasteiger partial charge in [-0.25, -0.2) is 4.39 Å². The van der Waals surface area contributed by atoms with Gasteiger partial charge >= 0.3 is 0 Å². The number of piperidine rings is 3. The number of rotatable bonds is 3. The molecule has 1 unspecified atom stereocenters. The van der Waals surface area contributed by atoms with Gasteiger partial charge in [0.15, 0.2) is 0 Å². The van der Waals surface area contributed by atoms with Gasteiger partial charge in [0.25, 0.3) is 0 Å². The van der Waals surface area contributed by atoms with Gasteiger partial charge in [-0.05, 0) is 44.0 Å². The molecule has 0 saturated carbocycles. The lowest BCUT2D eigenvalue weighted by molar-refractivity contribution is -0.001000. The lowest BCUT2D eigenvalue weighted by atomic mass is 9.84. The van der Waals surface area contributed by atoms with Crippen LogP contribution in [0.4, 0.5) is 4.39 Å². The Morgan fingerprint density at radius 2 is 1.95 bits per heavy atom. The van der Waals surface area contributed by atoms with Crippen molar-refractivity contribution < 1.29 is 29.2 Å². The molecule has 3 aliphatic heterocycles. The van der Waals surface area contributed by atoms with E-state index in [0.29, 0.717) is 23.2 Å². The maximum atomic E-state index is 13.7. The van der Waals surface area contributed by atoms with Crippen LogP contribution >= 0.6 is 11.6 Å². The van der Waals surface area contributed by atoms with E-state index in [9.17, 15) is 4.39 Å². The second-order valence-corrected chi connectivity index (χ2v) is 5.73. The van der Waals surface area contributed by atoms with Crippen molar-refractivity contribution in [3.05, 3.63) is 34.6 Å². The number of hydrogen-bond acceptors (Lipinski definition) is 2. The molecule has 1 atom stereocenters. The number of nitrogens with one attached hydrogen (secondary N) is 1. The molecule has 1 aromatic carbocycles. The fourth-order valence-corrected chi connectivity index (χ4v) is 3.36. The second-order valence-electron chi connectivity index (χ2n) is 5.33. The zero-order valence-corrected chi connectivity index (χ0v) is 13.4. The molecule has 3 aliphatic rings. The molecule has 114 valence electrons. The van der Waals surface area contributed by atoms with E-state index < -0.39 is 0 Å². The van der Waals surface area contributed by atoms with Crippen LogP contribution in [0.25, 0.3) is 0 Å². The van der Waals surface area contributed by atoms with Crippen molar-refractivity contribution in [2.45, 2.75) is 25.4 Å². The summed E-state index contributed by atoms with van der Waals surface area (Å²) < 4.78 is 13.7. The average Bonchev–Trinajstić information content (AvgIpc) is 2.39. The molecular weight excluding hydrogens is 322 g/mol. The first-order valence-corrected chi connectivity index (χ1v) is 7.00. The number of nitrogens with zero attached hydrogens (tertiary/aromatic N) is 1. The summed E-state index contributed by atoms with van der Waals surface area (Å²) in [6.07, 6.45) is 2.53. The molecule has 3 heterocycles. The Balaban J connectivity index is 0.000001000. The van der Waals surface area contributed by atoms with Gasteiger partial charge in [-0.3, -0.25) is 0 Å². The minimum atomic E-state index is -0.212. The minimum Gasteiger partial charge on any atom is -1.00 e. The quantitative estimate of drug-likeness (QED) is 0.620. The number of benzene rings is 1. The van der Waals surface area contributed by atoms with Crippen molar-refractivity contribution in [1.82, 2.24) is 10.2 Å². The van der Waals surface area contributed by atoms with E-state index in [2.05, 4.69) is 10.2 Å². The normalized spacial score (nSPS) is 27.6. The van der Waals surface area contributed by atoms with Gasteiger partial charge in [0.1, 0.15) is 5.82 Å². The van der Waals surface area contributed by atoms with Gasteiger partial charge in [-0.2, -0.15) is 0 Å². The molecule has 0 aromatic heterocycles. The van der Waals surface area contributed by atoms with Gasteiger partial charge in [0, 0.05) is 29.7 Å². The van der Waals surface area contributed by atoms with Crippen molar-refractivity contribution in [1.29, 1.82) is 0 Å². The average molecular weight is 340 g/mol. The van der Waals surface area contributed by atoms with Gasteiger partial charge in [-0.15, -0.1) is 0 Å². The van der Waals surface area contributed by atoms with Crippen molar-refractivity contribution >= 4 is 11.6 Å². The Morgan fingerprint density at radius 3 is 2.50 bits per heavy atom. The van der Waals surface area contributed by atoms with Crippen LogP contribution < -0.4 is 30.1 Å². The van der Waals surface area contributed by atoms with Crippen molar-refractivity contribution in [2.75, 3.05) is 19.6 Å². The largest absolute Gasteiger partial charge is 1.00 e. The lowest BCUT2D eigenvalue weighted by Gasteiger charge is -2.45. The first kappa shape index (κ1) is 18.0. The molecule has 3 saturated heterocycles. The minimum absolute atomic E-state index is 0. The van der Waals surface area contributed by atoms with Crippen LogP contribution in [0.15, 0.2) is 18.2 Å². The summed E-state index contributed by atoms with van der Waals surface area (Å²) in [5, 5.41) is 4.00. The van der Waals surface area contributed by atoms with E-state index in [1.54, 1.807) is 12.1 Å². The van der Waals surface area contributed by atoms with Gasteiger partial charge in [0.2, 0.25) is 0 Å². The zero-order valence-electron chi connectivity index (χ0n) is 11.1. The fourth-order valence-electron chi connectivity index (χ4n) is 3.13. The van der Waals surface area contributed by atoms with E-state index in [4.69, 9.17) is 11.6 Å². The molecular formula is C14H18Cl3FN2-2. The third-order valence-electron chi connectivity index (χ3n) is 4.26. The summed E-state index contributed by atoms with van der Waals surface area (Å²) >= 11 is 6.04. The molecule has 0 aliphatic carbocycles. The van der Waals surface area contributed by atoms with Crippen LogP contribution in [0.1, 0.15) is 18.4 Å². The topological polar surface area (TPSA) is 15.3 Å². The van der Waals surface area contributed by atoms with Crippen LogP contribution in [-0.4, -0.2) is 30.6 Å². The third kappa shape index (κ3) is 3.77. The Kier molecular flexibility index (Phi) is 7.02. The highest BCUT2D eigenvalue weighted by Crippen LogP contribution is 2.28. The van der Waals surface area contributed by atoms with E-state index in [0.717, 1.165) is 12.5 Å². The van der Waals surface area contributed by atoms with Crippen LogP contribution in [-0.2, 0) is 6.54 Å². The molecule has 2 nitrogen and oxygen atoms in total. The van der Waals surface area contributed by atoms with Gasteiger partial charge in [0.05, 0.1) is 0 Å². The Labute approximate surface area is 136 Å². The summed E-state index contributed by atoms with van der Waals surface area (Å²) in [7, 11) is 0. The SMILES string of the molecule is Fc1cccc(Cl)c1CNC1CN2CCC1CC2.[Cl-].[Cl-]. The molecule has 3 fully saturated rings. The fraction of sp³-hybridized carbons (Fsp3) is 0.571. The standard InChI is InChI=1S/C14H18ClFN2.2ClH/c15-12-2-1-3-13(16)11(12)8-17-14-9-18-6-4-10(14)5-7-18;;/h1-3,10,14,17H,4-9H2;2*1H/p-2. The van der Waals surface area contributed by atoms with Crippen LogP contribution in [0.3, 0.4) is 0 Å². The van der Waals surface area contributed by atoms with E-state index in [1.165, 1.54) is 32.0 Å². The highest BCUT2D eigenvalue weighted by Gasteiger charge is 2.33. The van der Waals surface area contributed by atoms with Crippen LogP contribution in [0, 0.1) is 11.7 Å². The summed E-state index contributed by atoms with van der Waals surface area (Å²) in [5.41, 5.74) is 0.593. The van der Waals surface area contributed by atoms with Gasteiger partial charge < -0.3 is 35.0 Å². The molecule has 0 spiro atoms. The van der Waals surface area contributed by atoms with Crippen molar-refractivity contribution in [3.8, 4) is 0 Å². The number of hydrogen-bond donors (Lipinski definition) is 1. The molecule has 2 bridgehead atoms. The monoisotopic (exact) mass is 338 g/mol. The molecule has 0 radical (unpaired) electrons. The Bertz CT molecular complexity index is 416. The summed E-state index contributed by atoms with van der Waals surface area (Å²) in [6.45, 7) is 4.07. The molecule has 1 aromatic rings. The molecule has 4 rings (SSSR count). The first-order chi connectivity index (χ1) is 8.74. The summed E-state index contributed by atoms with van der Waals surface area (Å²) in [6, 6.07) is 5.36. The Hall–Kier alpha value is -0.0600. The maximum absolute atomic E-state index is 13.7. The summed E-state index contributed by atoms with van der Waals surface area (Å²) in [4.78, 5) is 2.49. The highest BCUT2D eigenvalue weighted by atomic mass is 35.5. The van der Waals surface area contributed by atoms with Crippen molar-refractivity contribution in [2.24, 2.45) is 5.92 Å².